The van der Waals surface area contributed by atoms with Gasteiger partial charge in [-0.05, 0) is 81.8 Å². The lowest BCUT2D eigenvalue weighted by Gasteiger charge is -2.20. The average Bonchev–Trinajstić information content (AvgIpc) is 2.89. The first-order valence-corrected chi connectivity index (χ1v) is 12.3. The summed E-state index contributed by atoms with van der Waals surface area (Å²) in [6.07, 6.45) is 0. The van der Waals surface area contributed by atoms with Crippen molar-refractivity contribution in [3.05, 3.63) is 132 Å². The molecule has 0 bridgehead atoms. The largest absolute Gasteiger partial charge is 0.0622 e. The fourth-order valence-corrected chi connectivity index (χ4v) is 5.20. The molecule has 0 saturated heterocycles. The molecule has 6 aromatic rings. The second kappa shape index (κ2) is 8.56. The van der Waals surface area contributed by atoms with Crippen LogP contribution in [0.15, 0.2) is 115 Å². The molecular formula is C35H28. The van der Waals surface area contributed by atoms with Gasteiger partial charge in [-0.25, -0.2) is 0 Å². The van der Waals surface area contributed by atoms with Gasteiger partial charge >= 0.3 is 0 Å². The van der Waals surface area contributed by atoms with Crippen molar-refractivity contribution in [2.75, 3.05) is 0 Å². The maximum Gasteiger partial charge on any atom is -0.00202 e. The summed E-state index contributed by atoms with van der Waals surface area (Å²) < 4.78 is 0. The summed E-state index contributed by atoms with van der Waals surface area (Å²) >= 11 is 0. The van der Waals surface area contributed by atoms with Crippen molar-refractivity contribution < 1.29 is 0 Å². The van der Waals surface area contributed by atoms with E-state index in [9.17, 15) is 0 Å². The van der Waals surface area contributed by atoms with E-state index in [1.54, 1.807) is 0 Å². The molecule has 0 aromatic heterocycles. The van der Waals surface area contributed by atoms with Gasteiger partial charge in [-0.15, -0.1) is 0 Å². The monoisotopic (exact) mass is 448 g/mol. The molecule has 0 aliphatic carbocycles. The first-order valence-electron chi connectivity index (χ1n) is 12.3. The smallest absolute Gasteiger partial charge is 0.00202 e. The lowest BCUT2D eigenvalue weighted by molar-refractivity contribution is 1.46. The molecule has 0 aliphatic heterocycles. The minimum Gasteiger partial charge on any atom is -0.0622 e. The second-order valence-electron chi connectivity index (χ2n) is 9.66. The van der Waals surface area contributed by atoms with Gasteiger partial charge in [-0.2, -0.15) is 0 Å². The molecule has 0 amide bonds. The van der Waals surface area contributed by atoms with Crippen LogP contribution in [0.3, 0.4) is 0 Å². The van der Waals surface area contributed by atoms with E-state index < -0.39 is 0 Å². The zero-order chi connectivity index (χ0) is 23.9. The van der Waals surface area contributed by atoms with Gasteiger partial charge in [0, 0.05) is 0 Å². The van der Waals surface area contributed by atoms with Gasteiger partial charge in [-0.3, -0.25) is 0 Å². The van der Waals surface area contributed by atoms with Crippen molar-refractivity contribution in [2.24, 2.45) is 0 Å². The highest BCUT2D eigenvalue weighted by molar-refractivity contribution is 6.22. The van der Waals surface area contributed by atoms with E-state index in [2.05, 4.69) is 136 Å². The van der Waals surface area contributed by atoms with Crippen LogP contribution in [0.4, 0.5) is 0 Å². The van der Waals surface area contributed by atoms with Gasteiger partial charge < -0.3 is 0 Å². The molecule has 0 N–H and O–H groups in total. The van der Waals surface area contributed by atoms with Crippen LogP contribution >= 0.6 is 0 Å². The van der Waals surface area contributed by atoms with Gasteiger partial charge in [0.05, 0.1) is 0 Å². The Hall–Kier alpha value is -4.16. The van der Waals surface area contributed by atoms with Crippen LogP contribution in [-0.2, 0) is 0 Å². The second-order valence-corrected chi connectivity index (χ2v) is 9.66. The Labute approximate surface area is 207 Å². The Bertz CT molecular complexity index is 1670. The first-order chi connectivity index (χ1) is 17.1. The molecule has 35 heavy (non-hydrogen) atoms. The Kier molecular flexibility index (Phi) is 5.23. The predicted octanol–water partition coefficient (Wildman–Crippen LogP) is 9.92. The summed E-state index contributed by atoms with van der Waals surface area (Å²) in [6.45, 7) is 6.49. The fourth-order valence-electron chi connectivity index (χ4n) is 5.20. The zero-order valence-electron chi connectivity index (χ0n) is 20.5. The minimum atomic E-state index is 1.24. The SMILES string of the molecule is Cc1ccc(-c2c(-c3ccc(C)cc3)c3ccc(-c4ccccc4)cc3c3ccc(C)cc23)cc1. The van der Waals surface area contributed by atoms with Crippen molar-refractivity contribution in [3.63, 3.8) is 0 Å². The lowest BCUT2D eigenvalue weighted by atomic mass is 9.83. The average molecular weight is 449 g/mol. The molecule has 0 saturated carbocycles. The maximum absolute atomic E-state index is 2.37. The van der Waals surface area contributed by atoms with Crippen LogP contribution in [-0.4, -0.2) is 0 Å². The third-order valence-electron chi connectivity index (χ3n) is 7.06. The molecular weight excluding hydrogens is 420 g/mol. The van der Waals surface area contributed by atoms with Crippen LogP contribution in [0.1, 0.15) is 16.7 Å². The van der Waals surface area contributed by atoms with Gasteiger partial charge in [-0.1, -0.05) is 126 Å². The van der Waals surface area contributed by atoms with Crippen molar-refractivity contribution >= 4 is 21.5 Å². The molecule has 0 atom stereocenters. The highest BCUT2D eigenvalue weighted by Crippen LogP contribution is 2.45. The fraction of sp³-hybridized carbons (Fsp3) is 0.0857. The number of fused-ring (bicyclic) bond motifs is 3. The maximum atomic E-state index is 2.37. The van der Waals surface area contributed by atoms with Crippen LogP contribution in [0.5, 0.6) is 0 Å². The standard InChI is InChI=1S/C35H28/c1-23-9-14-27(15-10-23)34-31-20-18-29(26-7-5-4-6-8-26)22-32(31)30-19-13-25(3)21-33(30)35(34)28-16-11-24(2)12-17-28/h4-22H,1-3H3. The molecule has 0 fully saturated rings. The summed E-state index contributed by atoms with van der Waals surface area (Å²) in [4.78, 5) is 0. The normalized spacial score (nSPS) is 11.3. The van der Waals surface area contributed by atoms with Crippen LogP contribution in [0.25, 0.3) is 54.9 Å². The van der Waals surface area contributed by atoms with Crippen LogP contribution in [0, 0.1) is 20.8 Å². The van der Waals surface area contributed by atoms with E-state index in [0.717, 1.165) is 0 Å². The van der Waals surface area contributed by atoms with E-state index in [1.165, 1.54) is 71.6 Å². The first kappa shape index (κ1) is 21.4. The zero-order valence-corrected chi connectivity index (χ0v) is 20.5. The van der Waals surface area contributed by atoms with Crippen LogP contribution in [0.2, 0.25) is 0 Å². The molecule has 0 unspecified atom stereocenters. The highest BCUT2D eigenvalue weighted by atomic mass is 14.2. The van der Waals surface area contributed by atoms with Gasteiger partial charge in [0.15, 0.2) is 0 Å². The van der Waals surface area contributed by atoms with E-state index >= 15 is 0 Å². The summed E-state index contributed by atoms with van der Waals surface area (Å²) in [7, 11) is 0. The number of benzene rings is 6. The highest BCUT2D eigenvalue weighted by Gasteiger charge is 2.18. The minimum absolute atomic E-state index is 1.24. The quantitative estimate of drug-likeness (QED) is 0.236. The van der Waals surface area contributed by atoms with Crippen molar-refractivity contribution in [1.82, 2.24) is 0 Å². The van der Waals surface area contributed by atoms with E-state index in [4.69, 9.17) is 0 Å². The Balaban J connectivity index is 1.79. The number of aryl methyl sites for hydroxylation is 3. The third kappa shape index (κ3) is 3.82. The molecule has 168 valence electrons. The Morgan fingerprint density at radius 2 is 0.829 bits per heavy atom. The van der Waals surface area contributed by atoms with Crippen molar-refractivity contribution in [2.45, 2.75) is 20.8 Å². The van der Waals surface area contributed by atoms with E-state index in [1.807, 2.05) is 0 Å². The van der Waals surface area contributed by atoms with Gasteiger partial charge in [0.1, 0.15) is 0 Å². The number of hydrogen-bond donors (Lipinski definition) is 0. The molecule has 0 nitrogen and oxygen atoms in total. The van der Waals surface area contributed by atoms with E-state index in [-0.39, 0.29) is 0 Å². The summed E-state index contributed by atoms with van der Waals surface area (Å²) in [5, 5.41) is 5.20. The Morgan fingerprint density at radius 3 is 1.46 bits per heavy atom. The molecule has 6 aromatic carbocycles. The molecule has 0 spiro atoms. The van der Waals surface area contributed by atoms with E-state index in [0.29, 0.717) is 0 Å². The summed E-state index contributed by atoms with van der Waals surface area (Å²) in [5.41, 5.74) is 11.5. The number of rotatable bonds is 3. The molecule has 0 heterocycles. The van der Waals surface area contributed by atoms with Gasteiger partial charge in [0.2, 0.25) is 0 Å². The van der Waals surface area contributed by atoms with Crippen molar-refractivity contribution in [3.8, 4) is 33.4 Å². The molecule has 0 radical (unpaired) electrons. The predicted molar refractivity (Wildman–Crippen MR) is 152 cm³/mol. The topological polar surface area (TPSA) is 0 Å². The molecule has 0 aliphatic rings. The van der Waals surface area contributed by atoms with Crippen molar-refractivity contribution in [1.29, 1.82) is 0 Å². The third-order valence-corrected chi connectivity index (χ3v) is 7.06. The Morgan fingerprint density at radius 1 is 0.314 bits per heavy atom. The summed E-state index contributed by atoms with van der Waals surface area (Å²) in [6, 6.07) is 42.5. The molecule has 0 heteroatoms. The van der Waals surface area contributed by atoms with Crippen LogP contribution < -0.4 is 0 Å². The summed E-state index contributed by atoms with van der Waals surface area (Å²) in [5.74, 6) is 0. The lowest BCUT2D eigenvalue weighted by Crippen LogP contribution is -1.93. The number of hydrogen-bond acceptors (Lipinski definition) is 0. The van der Waals surface area contributed by atoms with Gasteiger partial charge in [0.25, 0.3) is 0 Å². The molecule has 6 rings (SSSR count).